The molecule has 7 nitrogen and oxygen atoms in total. The SMILES string of the molecule is CCc1ccc(C2C(C#N)=C(N)N(c3ccc(Cl)c([N+](=O)[O-])c3)C3=C2C(=O)CCC3)s1. The van der Waals surface area contributed by atoms with Gasteiger partial charge in [-0.25, -0.2) is 0 Å². The van der Waals surface area contributed by atoms with E-state index in [9.17, 15) is 20.2 Å². The van der Waals surface area contributed by atoms with Crippen molar-refractivity contribution in [2.45, 2.75) is 38.5 Å². The first kappa shape index (κ1) is 21.1. The first-order chi connectivity index (χ1) is 14.9. The van der Waals surface area contributed by atoms with Crippen LogP contribution in [-0.2, 0) is 11.2 Å². The minimum absolute atomic E-state index is 0.00583. The fourth-order valence-electron chi connectivity index (χ4n) is 4.19. The first-order valence-corrected chi connectivity index (χ1v) is 11.1. The summed E-state index contributed by atoms with van der Waals surface area (Å²) in [7, 11) is 0. The molecule has 9 heteroatoms. The van der Waals surface area contributed by atoms with Crippen LogP contribution in [0.15, 0.2) is 53.0 Å². The number of thiophene rings is 1. The molecule has 2 N–H and O–H groups in total. The van der Waals surface area contributed by atoms with Crippen LogP contribution in [0.4, 0.5) is 11.4 Å². The predicted molar refractivity (Wildman–Crippen MR) is 120 cm³/mol. The van der Waals surface area contributed by atoms with Crippen molar-refractivity contribution < 1.29 is 9.72 Å². The highest BCUT2D eigenvalue weighted by Gasteiger charge is 2.41. The van der Waals surface area contributed by atoms with Crippen molar-refractivity contribution in [3.8, 4) is 6.07 Å². The maximum absolute atomic E-state index is 13.1. The molecule has 1 aliphatic carbocycles. The third-order valence-electron chi connectivity index (χ3n) is 5.61. The van der Waals surface area contributed by atoms with E-state index in [1.165, 1.54) is 12.1 Å². The number of nitrogens with zero attached hydrogens (tertiary/aromatic N) is 3. The van der Waals surface area contributed by atoms with E-state index in [1.54, 1.807) is 22.3 Å². The van der Waals surface area contributed by atoms with Crippen LogP contribution in [0.1, 0.15) is 41.9 Å². The van der Waals surface area contributed by atoms with Gasteiger partial charge in [-0.05, 0) is 43.5 Å². The van der Waals surface area contributed by atoms with Crippen LogP contribution >= 0.6 is 22.9 Å². The van der Waals surface area contributed by atoms with Crippen LogP contribution < -0.4 is 10.6 Å². The molecule has 1 atom stereocenters. The highest BCUT2D eigenvalue weighted by molar-refractivity contribution is 7.12. The van der Waals surface area contributed by atoms with E-state index in [4.69, 9.17) is 17.3 Å². The molecule has 2 heterocycles. The summed E-state index contributed by atoms with van der Waals surface area (Å²) in [5, 5.41) is 21.4. The average molecular weight is 455 g/mol. The Bertz CT molecular complexity index is 1210. The molecule has 31 heavy (non-hydrogen) atoms. The van der Waals surface area contributed by atoms with Gasteiger partial charge in [-0.1, -0.05) is 18.5 Å². The second-order valence-electron chi connectivity index (χ2n) is 7.37. The number of carbonyl (C=O) groups is 1. The minimum atomic E-state index is -0.567. The maximum atomic E-state index is 13.1. The summed E-state index contributed by atoms with van der Waals surface area (Å²) >= 11 is 7.55. The number of nitriles is 1. The molecule has 4 rings (SSSR count). The van der Waals surface area contributed by atoms with Gasteiger partial charge in [-0.3, -0.25) is 19.8 Å². The molecule has 1 aromatic heterocycles. The van der Waals surface area contributed by atoms with E-state index in [2.05, 4.69) is 13.0 Å². The van der Waals surface area contributed by atoms with Crippen molar-refractivity contribution in [3.63, 3.8) is 0 Å². The standard InChI is InChI=1S/C22H19ClN4O3S/c1-2-13-7-9-19(31-13)20-14(11-24)22(25)26(16-4-3-5-18(28)21(16)20)12-6-8-15(23)17(10-12)27(29)30/h6-10,20H,2-5,25H2,1H3. The molecule has 0 spiro atoms. The highest BCUT2D eigenvalue weighted by Crippen LogP contribution is 2.48. The Hall–Kier alpha value is -3.15. The zero-order valence-corrected chi connectivity index (χ0v) is 18.3. The number of carbonyl (C=O) groups excluding carboxylic acids is 1. The summed E-state index contributed by atoms with van der Waals surface area (Å²) in [5.74, 6) is -0.355. The van der Waals surface area contributed by atoms with Gasteiger partial charge in [0.05, 0.1) is 28.2 Å². The normalized spacial score (nSPS) is 18.8. The number of nitro benzene ring substituents is 1. The zero-order chi connectivity index (χ0) is 22.3. The van der Waals surface area contributed by atoms with Gasteiger partial charge in [-0.15, -0.1) is 11.3 Å². The van der Waals surface area contributed by atoms with Gasteiger partial charge in [0.1, 0.15) is 10.8 Å². The molecule has 0 saturated heterocycles. The molecular formula is C22H19ClN4O3S. The third kappa shape index (κ3) is 3.50. The Morgan fingerprint density at radius 3 is 2.77 bits per heavy atom. The van der Waals surface area contributed by atoms with Crippen molar-refractivity contribution in [2.24, 2.45) is 5.73 Å². The molecular weight excluding hydrogens is 436 g/mol. The van der Waals surface area contributed by atoms with E-state index in [1.807, 2.05) is 12.1 Å². The molecule has 2 aliphatic rings. The first-order valence-electron chi connectivity index (χ1n) is 9.86. The van der Waals surface area contributed by atoms with Crippen LogP contribution in [0.2, 0.25) is 5.02 Å². The van der Waals surface area contributed by atoms with Crippen LogP contribution in [0.3, 0.4) is 0 Å². The summed E-state index contributed by atoms with van der Waals surface area (Å²) < 4.78 is 0. The van der Waals surface area contributed by atoms with E-state index < -0.39 is 10.8 Å². The number of hydrogen-bond acceptors (Lipinski definition) is 7. The summed E-state index contributed by atoms with van der Waals surface area (Å²) in [6.07, 6.45) is 2.49. The van der Waals surface area contributed by atoms with Gasteiger partial charge in [0.15, 0.2) is 5.78 Å². The van der Waals surface area contributed by atoms with Gasteiger partial charge in [0.25, 0.3) is 5.69 Å². The molecule has 2 aromatic rings. The second kappa shape index (κ2) is 8.17. The largest absolute Gasteiger partial charge is 0.384 e. The Morgan fingerprint density at radius 1 is 1.35 bits per heavy atom. The highest BCUT2D eigenvalue weighted by atomic mass is 35.5. The lowest BCUT2D eigenvalue weighted by Gasteiger charge is -2.39. The lowest BCUT2D eigenvalue weighted by molar-refractivity contribution is -0.384. The third-order valence-corrected chi connectivity index (χ3v) is 7.23. The van der Waals surface area contributed by atoms with E-state index in [0.717, 1.165) is 16.2 Å². The average Bonchev–Trinajstić information content (AvgIpc) is 3.22. The number of nitro groups is 1. The van der Waals surface area contributed by atoms with E-state index in [0.29, 0.717) is 36.2 Å². The maximum Gasteiger partial charge on any atom is 0.289 e. The molecule has 0 radical (unpaired) electrons. The molecule has 0 saturated carbocycles. The predicted octanol–water partition coefficient (Wildman–Crippen LogP) is 5.18. The Kier molecular flexibility index (Phi) is 5.56. The Labute approximate surface area is 188 Å². The molecule has 158 valence electrons. The van der Waals surface area contributed by atoms with Crippen molar-refractivity contribution in [3.05, 3.63) is 77.9 Å². The fourth-order valence-corrected chi connectivity index (χ4v) is 5.44. The van der Waals surface area contributed by atoms with Crippen molar-refractivity contribution in [1.82, 2.24) is 0 Å². The topological polar surface area (TPSA) is 113 Å². The van der Waals surface area contributed by atoms with Gasteiger partial charge in [0.2, 0.25) is 0 Å². The number of allylic oxidation sites excluding steroid dienone is 3. The molecule has 0 fully saturated rings. The van der Waals surface area contributed by atoms with Gasteiger partial charge in [0, 0.05) is 33.5 Å². The van der Waals surface area contributed by atoms with Crippen LogP contribution in [0, 0.1) is 21.4 Å². The lowest BCUT2D eigenvalue weighted by Crippen LogP contribution is -2.38. The van der Waals surface area contributed by atoms with E-state index in [-0.39, 0.29) is 27.9 Å². The summed E-state index contributed by atoms with van der Waals surface area (Å²) in [4.78, 5) is 27.6. The molecule has 0 amide bonds. The molecule has 1 aromatic carbocycles. The molecule has 1 aliphatic heterocycles. The summed E-state index contributed by atoms with van der Waals surface area (Å²) in [6.45, 7) is 2.05. The van der Waals surface area contributed by atoms with Crippen molar-refractivity contribution in [2.75, 3.05) is 4.90 Å². The van der Waals surface area contributed by atoms with Gasteiger partial charge < -0.3 is 5.73 Å². The Balaban J connectivity index is 1.95. The summed E-state index contributed by atoms with van der Waals surface area (Å²) in [5.41, 5.74) is 8.16. The van der Waals surface area contributed by atoms with E-state index >= 15 is 0 Å². The monoisotopic (exact) mass is 454 g/mol. The zero-order valence-electron chi connectivity index (χ0n) is 16.7. The second-order valence-corrected chi connectivity index (χ2v) is 8.97. The number of benzene rings is 1. The van der Waals surface area contributed by atoms with Crippen LogP contribution in [-0.4, -0.2) is 10.7 Å². The number of aryl methyl sites for hydroxylation is 1. The van der Waals surface area contributed by atoms with Crippen LogP contribution in [0.25, 0.3) is 0 Å². The summed E-state index contributed by atoms with van der Waals surface area (Å²) in [6, 6.07) is 10.5. The number of Topliss-reactive ketones (excluding diaryl/α,β-unsaturated/α-hetero) is 1. The van der Waals surface area contributed by atoms with Crippen molar-refractivity contribution in [1.29, 1.82) is 5.26 Å². The van der Waals surface area contributed by atoms with Gasteiger partial charge in [-0.2, -0.15) is 5.26 Å². The van der Waals surface area contributed by atoms with Crippen molar-refractivity contribution >= 4 is 40.1 Å². The number of nitrogens with two attached hydrogens (primary N) is 1. The Morgan fingerprint density at radius 2 is 2.13 bits per heavy atom. The lowest BCUT2D eigenvalue weighted by atomic mass is 9.78. The minimum Gasteiger partial charge on any atom is -0.384 e. The number of anilines is 1. The van der Waals surface area contributed by atoms with Crippen LogP contribution in [0.5, 0.6) is 0 Å². The smallest absolute Gasteiger partial charge is 0.289 e. The quantitative estimate of drug-likeness (QED) is 0.503. The number of ketones is 1. The molecule has 1 unspecified atom stereocenters. The number of halogens is 1. The van der Waals surface area contributed by atoms with Gasteiger partial charge >= 0.3 is 0 Å². The number of hydrogen-bond donors (Lipinski definition) is 1. The molecule has 0 bridgehead atoms. The number of rotatable bonds is 4. The fraction of sp³-hybridized carbons (Fsp3) is 0.273.